The molecule has 1 aromatic heterocycles. The molecule has 0 bridgehead atoms. The first-order valence-corrected chi connectivity index (χ1v) is 7.46. The second-order valence-corrected chi connectivity index (χ2v) is 5.41. The molecule has 0 spiro atoms. The van der Waals surface area contributed by atoms with Gasteiger partial charge in [-0.3, -0.25) is 4.79 Å². The number of hydrogen-bond donors (Lipinski definition) is 1. The van der Waals surface area contributed by atoms with E-state index in [2.05, 4.69) is 10.3 Å². The minimum atomic E-state index is -0.405. The number of carbonyl (C=O) groups excluding carboxylic acids is 1. The minimum absolute atomic E-state index is 0.212. The van der Waals surface area contributed by atoms with Gasteiger partial charge in [0.1, 0.15) is 17.1 Å². The van der Waals surface area contributed by atoms with Gasteiger partial charge in [0.25, 0.3) is 0 Å². The van der Waals surface area contributed by atoms with Crippen molar-refractivity contribution in [2.75, 3.05) is 39.4 Å². The summed E-state index contributed by atoms with van der Waals surface area (Å²) in [5.74, 6) is -0.275. The monoisotopic (exact) mass is 328 g/mol. The molecule has 8 heteroatoms. The van der Waals surface area contributed by atoms with E-state index in [0.29, 0.717) is 40.9 Å². The lowest BCUT2D eigenvalue weighted by atomic mass is 10.3. The Labute approximate surface area is 131 Å². The molecule has 0 saturated carbocycles. The van der Waals surface area contributed by atoms with E-state index in [-0.39, 0.29) is 12.3 Å². The number of fused-ring (bicyclic) bond motifs is 1. The Morgan fingerprint density at radius 2 is 2.14 bits per heavy atom. The van der Waals surface area contributed by atoms with E-state index in [9.17, 15) is 9.18 Å². The summed E-state index contributed by atoms with van der Waals surface area (Å²) in [7, 11) is 3.03. The van der Waals surface area contributed by atoms with Crippen LogP contribution in [0.25, 0.3) is 10.2 Å². The number of carbonyl (C=O) groups is 1. The first-order valence-electron chi connectivity index (χ1n) is 6.64. The topological polar surface area (TPSA) is 69.7 Å². The maximum absolute atomic E-state index is 13.4. The van der Waals surface area contributed by atoms with Crippen LogP contribution in [-0.2, 0) is 14.3 Å². The lowest BCUT2D eigenvalue weighted by Crippen LogP contribution is -2.14. The summed E-state index contributed by atoms with van der Waals surface area (Å²) >= 11 is 1.19. The molecule has 0 unspecified atom stereocenters. The van der Waals surface area contributed by atoms with Crippen LogP contribution in [0.2, 0.25) is 0 Å². The number of benzene rings is 1. The van der Waals surface area contributed by atoms with E-state index in [0.717, 1.165) is 0 Å². The third kappa shape index (κ3) is 4.36. The molecule has 0 saturated heterocycles. The Balaban J connectivity index is 1.95. The maximum Gasteiger partial charge on any atom is 0.228 e. The second kappa shape index (κ2) is 8.02. The van der Waals surface area contributed by atoms with E-state index in [1.807, 2.05) is 0 Å². The van der Waals surface area contributed by atoms with Gasteiger partial charge in [-0.25, -0.2) is 9.37 Å². The van der Waals surface area contributed by atoms with Crippen LogP contribution in [0, 0.1) is 5.82 Å². The molecule has 6 nitrogen and oxygen atoms in total. The molecule has 22 heavy (non-hydrogen) atoms. The largest absolute Gasteiger partial charge is 0.494 e. The van der Waals surface area contributed by atoms with Gasteiger partial charge in [0.2, 0.25) is 5.91 Å². The van der Waals surface area contributed by atoms with Crippen LogP contribution in [0.3, 0.4) is 0 Å². The number of hydrogen-bond acceptors (Lipinski definition) is 6. The fourth-order valence-corrected chi connectivity index (χ4v) is 2.69. The maximum atomic E-state index is 13.4. The molecule has 1 heterocycles. The molecule has 0 aliphatic carbocycles. The molecule has 0 aliphatic heterocycles. The Morgan fingerprint density at radius 1 is 1.32 bits per heavy atom. The van der Waals surface area contributed by atoms with Gasteiger partial charge in [0, 0.05) is 13.2 Å². The van der Waals surface area contributed by atoms with Gasteiger partial charge < -0.3 is 19.5 Å². The van der Waals surface area contributed by atoms with Crippen molar-refractivity contribution in [3.05, 3.63) is 17.9 Å². The summed E-state index contributed by atoms with van der Waals surface area (Å²) < 4.78 is 29.2. The fraction of sp³-hybridized carbons (Fsp3) is 0.429. The average molecular weight is 328 g/mol. The van der Waals surface area contributed by atoms with E-state index >= 15 is 0 Å². The van der Waals surface area contributed by atoms with Crippen molar-refractivity contribution < 1.29 is 23.4 Å². The van der Waals surface area contributed by atoms with Crippen LogP contribution >= 0.6 is 11.3 Å². The number of aromatic nitrogens is 1. The molecule has 1 N–H and O–H groups in total. The summed E-state index contributed by atoms with van der Waals surface area (Å²) in [6.07, 6.45) is 0.213. The highest BCUT2D eigenvalue weighted by molar-refractivity contribution is 7.22. The highest BCUT2D eigenvalue weighted by Gasteiger charge is 2.12. The van der Waals surface area contributed by atoms with Crippen molar-refractivity contribution >= 4 is 32.6 Å². The average Bonchev–Trinajstić information content (AvgIpc) is 2.88. The molecular weight excluding hydrogens is 311 g/mol. The summed E-state index contributed by atoms with van der Waals surface area (Å²) in [5.41, 5.74) is 0.528. The third-order valence-corrected chi connectivity index (χ3v) is 3.71. The number of nitrogens with one attached hydrogen (secondary N) is 1. The summed E-state index contributed by atoms with van der Waals surface area (Å²) in [4.78, 5) is 16.0. The molecule has 1 amide bonds. The predicted molar refractivity (Wildman–Crippen MR) is 82.1 cm³/mol. The zero-order chi connectivity index (χ0) is 15.9. The quantitative estimate of drug-likeness (QED) is 0.754. The normalized spacial score (nSPS) is 10.9. The van der Waals surface area contributed by atoms with Crippen molar-refractivity contribution in [2.45, 2.75) is 6.42 Å². The lowest BCUT2D eigenvalue weighted by Gasteiger charge is -2.03. The summed E-state index contributed by atoms with van der Waals surface area (Å²) in [6.45, 7) is 1.24. The van der Waals surface area contributed by atoms with Gasteiger partial charge in [0.15, 0.2) is 5.13 Å². The fourth-order valence-electron chi connectivity index (χ4n) is 1.77. The molecule has 0 radical (unpaired) electrons. The van der Waals surface area contributed by atoms with Crippen LogP contribution < -0.4 is 10.1 Å². The number of ether oxygens (including phenoxy) is 3. The summed E-state index contributed by atoms with van der Waals surface area (Å²) in [6, 6.07) is 2.62. The Bertz CT molecular complexity index is 647. The molecule has 0 aliphatic rings. The van der Waals surface area contributed by atoms with Gasteiger partial charge in [-0.2, -0.15) is 0 Å². The molecule has 1 aromatic carbocycles. The summed E-state index contributed by atoms with van der Waals surface area (Å²) in [5, 5.41) is 3.08. The van der Waals surface area contributed by atoms with Crippen molar-refractivity contribution in [3.63, 3.8) is 0 Å². The van der Waals surface area contributed by atoms with E-state index in [4.69, 9.17) is 14.2 Å². The van der Waals surface area contributed by atoms with Gasteiger partial charge in [0.05, 0.1) is 38.1 Å². The third-order valence-electron chi connectivity index (χ3n) is 2.80. The van der Waals surface area contributed by atoms with Gasteiger partial charge in [-0.05, 0) is 6.07 Å². The van der Waals surface area contributed by atoms with Crippen LogP contribution in [-0.4, -0.2) is 44.9 Å². The Morgan fingerprint density at radius 3 is 2.86 bits per heavy atom. The zero-order valence-corrected chi connectivity index (χ0v) is 13.2. The number of nitrogens with zero attached hydrogens (tertiary/aromatic N) is 1. The van der Waals surface area contributed by atoms with Gasteiger partial charge >= 0.3 is 0 Å². The van der Waals surface area contributed by atoms with E-state index < -0.39 is 5.82 Å². The highest BCUT2D eigenvalue weighted by Crippen LogP contribution is 2.33. The SMILES string of the molecule is COCCOCCC(=O)Nc1nc2c(OC)cc(F)cc2s1. The minimum Gasteiger partial charge on any atom is -0.494 e. The van der Waals surface area contributed by atoms with Crippen molar-refractivity contribution in [1.29, 1.82) is 0 Å². The van der Waals surface area contributed by atoms with Crippen LogP contribution in [0.1, 0.15) is 6.42 Å². The van der Waals surface area contributed by atoms with Gasteiger partial charge in [-0.15, -0.1) is 0 Å². The first kappa shape index (κ1) is 16.6. The van der Waals surface area contributed by atoms with Crippen LogP contribution in [0.4, 0.5) is 9.52 Å². The smallest absolute Gasteiger partial charge is 0.228 e. The molecule has 2 rings (SSSR count). The van der Waals surface area contributed by atoms with Crippen LogP contribution in [0.15, 0.2) is 12.1 Å². The molecule has 0 fully saturated rings. The molecular formula is C14H17FN2O4S. The second-order valence-electron chi connectivity index (χ2n) is 4.38. The van der Waals surface area contributed by atoms with Gasteiger partial charge in [-0.1, -0.05) is 11.3 Å². The Hall–Kier alpha value is -1.77. The Kier molecular flexibility index (Phi) is 6.05. The molecule has 2 aromatic rings. The van der Waals surface area contributed by atoms with Crippen LogP contribution in [0.5, 0.6) is 5.75 Å². The number of thiazole rings is 1. The number of rotatable bonds is 8. The number of methoxy groups -OCH3 is 2. The van der Waals surface area contributed by atoms with Crippen molar-refractivity contribution in [3.8, 4) is 5.75 Å². The van der Waals surface area contributed by atoms with Crippen molar-refractivity contribution in [2.24, 2.45) is 0 Å². The van der Waals surface area contributed by atoms with Crippen molar-refractivity contribution in [1.82, 2.24) is 4.98 Å². The number of anilines is 1. The first-order chi connectivity index (χ1) is 10.6. The highest BCUT2D eigenvalue weighted by atomic mass is 32.1. The zero-order valence-electron chi connectivity index (χ0n) is 12.3. The van der Waals surface area contributed by atoms with E-state index in [1.165, 1.54) is 30.6 Å². The predicted octanol–water partition coefficient (Wildman–Crippen LogP) is 2.44. The standard InChI is InChI=1S/C14H17FN2O4S/c1-19-5-6-21-4-3-12(18)16-14-17-13-10(20-2)7-9(15)8-11(13)22-14/h7-8H,3-6H2,1-2H3,(H,16,17,18). The molecule has 0 atom stereocenters. The number of amides is 1. The van der Waals surface area contributed by atoms with E-state index in [1.54, 1.807) is 7.11 Å². The number of halogens is 1. The molecule has 120 valence electrons. The lowest BCUT2D eigenvalue weighted by molar-refractivity contribution is -0.117.